The van der Waals surface area contributed by atoms with Gasteiger partial charge in [-0.15, -0.1) is 0 Å². The van der Waals surface area contributed by atoms with Crippen molar-refractivity contribution in [2.45, 2.75) is 19.8 Å². The molecule has 0 saturated carbocycles. The van der Waals surface area contributed by atoms with E-state index in [1.807, 2.05) is 18.2 Å². The summed E-state index contributed by atoms with van der Waals surface area (Å²) in [7, 11) is 0. The van der Waals surface area contributed by atoms with E-state index in [4.69, 9.17) is 9.47 Å². The smallest absolute Gasteiger partial charge is 0.344 e. The normalized spacial score (nSPS) is 14.3. The standard InChI is InChI=1S/C23H25NO5/c1-17-11-13-24(14-12-17)21(25)15-29-22(26)16-28-20-9-7-19(8-10-20)23(27)18-5-3-2-4-6-18/h2-10,17H,11-16H2,1H3. The molecule has 152 valence electrons. The van der Waals surface area contributed by atoms with Crippen molar-refractivity contribution in [2.75, 3.05) is 26.3 Å². The fourth-order valence-electron chi connectivity index (χ4n) is 3.13. The molecule has 1 fully saturated rings. The molecule has 0 N–H and O–H groups in total. The van der Waals surface area contributed by atoms with Gasteiger partial charge in [-0.05, 0) is 43.0 Å². The van der Waals surface area contributed by atoms with E-state index in [0.29, 0.717) is 35.9 Å². The zero-order valence-electron chi connectivity index (χ0n) is 16.5. The number of piperidine rings is 1. The number of hydrogen-bond donors (Lipinski definition) is 0. The molecule has 1 aliphatic heterocycles. The third-order valence-corrected chi connectivity index (χ3v) is 5.00. The van der Waals surface area contributed by atoms with Crippen molar-refractivity contribution in [3.05, 3.63) is 65.7 Å². The minimum atomic E-state index is -0.604. The maximum absolute atomic E-state index is 12.4. The molecule has 2 aromatic carbocycles. The van der Waals surface area contributed by atoms with Crippen molar-refractivity contribution in [1.29, 1.82) is 0 Å². The van der Waals surface area contributed by atoms with Crippen molar-refractivity contribution in [1.82, 2.24) is 4.90 Å². The molecule has 0 unspecified atom stereocenters. The Morgan fingerprint density at radius 3 is 2.17 bits per heavy atom. The van der Waals surface area contributed by atoms with E-state index >= 15 is 0 Å². The Balaban J connectivity index is 1.42. The van der Waals surface area contributed by atoms with Gasteiger partial charge in [0.25, 0.3) is 5.91 Å². The third-order valence-electron chi connectivity index (χ3n) is 5.00. The van der Waals surface area contributed by atoms with Gasteiger partial charge in [0.05, 0.1) is 0 Å². The number of nitrogens with zero attached hydrogens (tertiary/aromatic N) is 1. The number of likely N-dealkylation sites (tertiary alicyclic amines) is 1. The van der Waals surface area contributed by atoms with Gasteiger partial charge in [0, 0.05) is 24.2 Å². The van der Waals surface area contributed by atoms with Crippen LogP contribution >= 0.6 is 0 Å². The van der Waals surface area contributed by atoms with E-state index < -0.39 is 5.97 Å². The summed E-state index contributed by atoms with van der Waals surface area (Å²) in [5.74, 6) is 0.219. The van der Waals surface area contributed by atoms with Crippen LogP contribution in [0.3, 0.4) is 0 Å². The summed E-state index contributed by atoms with van der Waals surface area (Å²) in [4.78, 5) is 38.0. The van der Waals surface area contributed by atoms with E-state index in [1.165, 1.54) is 0 Å². The van der Waals surface area contributed by atoms with Gasteiger partial charge in [0.15, 0.2) is 19.0 Å². The lowest BCUT2D eigenvalue weighted by atomic mass is 9.99. The number of carbonyl (C=O) groups is 3. The van der Waals surface area contributed by atoms with Crippen LogP contribution in [0, 0.1) is 5.92 Å². The number of esters is 1. The van der Waals surface area contributed by atoms with Crippen LogP contribution in [0.25, 0.3) is 0 Å². The van der Waals surface area contributed by atoms with Crippen LogP contribution in [0.2, 0.25) is 0 Å². The number of hydrogen-bond acceptors (Lipinski definition) is 5. The van der Waals surface area contributed by atoms with Crippen LogP contribution in [0.4, 0.5) is 0 Å². The first-order valence-corrected chi connectivity index (χ1v) is 9.79. The number of amides is 1. The monoisotopic (exact) mass is 395 g/mol. The molecule has 6 heteroatoms. The average Bonchev–Trinajstić information content (AvgIpc) is 2.77. The fourth-order valence-corrected chi connectivity index (χ4v) is 3.13. The summed E-state index contributed by atoms with van der Waals surface area (Å²) in [6.45, 7) is 3.03. The summed E-state index contributed by atoms with van der Waals surface area (Å²) in [6.07, 6.45) is 1.96. The number of carbonyl (C=O) groups excluding carboxylic acids is 3. The molecule has 1 aliphatic rings. The molecule has 1 saturated heterocycles. The lowest BCUT2D eigenvalue weighted by molar-refractivity contribution is -0.154. The van der Waals surface area contributed by atoms with Crippen molar-refractivity contribution in [3.63, 3.8) is 0 Å². The van der Waals surface area contributed by atoms with E-state index in [9.17, 15) is 14.4 Å². The lowest BCUT2D eigenvalue weighted by Crippen LogP contribution is -2.40. The quantitative estimate of drug-likeness (QED) is 0.532. The van der Waals surface area contributed by atoms with E-state index in [1.54, 1.807) is 41.3 Å². The number of rotatable bonds is 7. The van der Waals surface area contributed by atoms with Gasteiger partial charge in [-0.3, -0.25) is 9.59 Å². The molecule has 0 aromatic heterocycles. The Hall–Kier alpha value is -3.15. The van der Waals surface area contributed by atoms with Crippen LogP contribution in [0.5, 0.6) is 5.75 Å². The highest BCUT2D eigenvalue weighted by molar-refractivity contribution is 6.08. The molecular weight excluding hydrogens is 370 g/mol. The minimum Gasteiger partial charge on any atom is -0.482 e. The van der Waals surface area contributed by atoms with Crippen molar-refractivity contribution in [2.24, 2.45) is 5.92 Å². The molecule has 0 spiro atoms. The zero-order chi connectivity index (χ0) is 20.6. The Bertz CT molecular complexity index is 839. The second-order valence-corrected chi connectivity index (χ2v) is 7.23. The molecule has 29 heavy (non-hydrogen) atoms. The summed E-state index contributed by atoms with van der Waals surface area (Å²) in [5, 5.41) is 0. The summed E-state index contributed by atoms with van der Waals surface area (Å²) in [6, 6.07) is 15.6. The Labute approximate surface area is 170 Å². The highest BCUT2D eigenvalue weighted by Gasteiger charge is 2.21. The Morgan fingerprint density at radius 1 is 0.897 bits per heavy atom. The van der Waals surface area contributed by atoms with Crippen LogP contribution in [-0.4, -0.2) is 48.9 Å². The van der Waals surface area contributed by atoms with Gasteiger partial charge in [-0.25, -0.2) is 4.79 Å². The highest BCUT2D eigenvalue weighted by Crippen LogP contribution is 2.17. The van der Waals surface area contributed by atoms with E-state index in [-0.39, 0.29) is 24.9 Å². The molecule has 0 radical (unpaired) electrons. The van der Waals surface area contributed by atoms with Gasteiger partial charge >= 0.3 is 5.97 Å². The molecule has 0 aliphatic carbocycles. The van der Waals surface area contributed by atoms with E-state index in [2.05, 4.69) is 6.92 Å². The van der Waals surface area contributed by atoms with Gasteiger partial charge in [-0.1, -0.05) is 37.3 Å². The third kappa shape index (κ3) is 5.91. The first-order valence-electron chi connectivity index (χ1n) is 9.79. The molecule has 1 amide bonds. The number of ether oxygens (including phenoxy) is 2. The Kier molecular flexibility index (Phi) is 7.00. The summed E-state index contributed by atoms with van der Waals surface area (Å²) in [5.41, 5.74) is 1.14. The van der Waals surface area contributed by atoms with Crippen molar-refractivity contribution < 1.29 is 23.9 Å². The SMILES string of the molecule is CC1CCN(C(=O)COC(=O)COc2ccc(C(=O)c3ccccc3)cc2)CC1. The predicted octanol–water partition coefficient (Wildman–Crippen LogP) is 3.10. The predicted molar refractivity (Wildman–Crippen MR) is 108 cm³/mol. The second-order valence-electron chi connectivity index (χ2n) is 7.23. The maximum Gasteiger partial charge on any atom is 0.344 e. The molecule has 6 nitrogen and oxygen atoms in total. The second kappa shape index (κ2) is 9.87. The van der Waals surface area contributed by atoms with E-state index in [0.717, 1.165) is 12.8 Å². The number of ketones is 1. The van der Waals surface area contributed by atoms with Crippen molar-refractivity contribution >= 4 is 17.7 Å². The topological polar surface area (TPSA) is 72.9 Å². The maximum atomic E-state index is 12.4. The fraction of sp³-hybridized carbons (Fsp3) is 0.348. The van der Waals surface area contributed by atoms with Crippen LogP contribution in [0.15, 0.2) is 54.6 Å². The van der Waals surface area contributed by atoms with Crippen molar-refractivity contribution in [3.8, 4) is 5.75 Å². The highest BCUT2D eigenvalue weighted by atomic mass is 16.6. The lowest BCUT2D eigenvalue weighted by Gasteiger charge is -2.30. The van der Waals surface area contributed by atoms with Crippen LogP contribution < -0.4 is 4.74 Å². The molecular formula is C23H25NO5. The van der Waals surface area contributed by atoms with Crippen LogP contribution in [0.1, 0.15) is 35.7 Å². The summed E-state index contributed by atoms with van der Waals surface area (Å²) >= 11 is 0. The summed E-state index contributed by atoms with van der Waals surface area (Å²) < 4.78 is 10.4. The molecule has 0 bridgehead atoms. The number of benzene rings is 2. The molecule has 1 heterocycles. The molecule has 3 rings (SSSR count). The molecule has 0 atom stereocenters. The minimum absolute atomic E-state index is 0.0813. The first kappa shape index (κ1) is 20.6. The van der Waals surface area contributed by atoms with Gasteiger partial charge < -0.3 is 14.4 Å². The van der Waals surface area contributed by atoms with Gasteiger partial charge in [-0.2, -0.15) is 0 Å². The Morgan fingerprint density at radius 2 is 1.52 bits per heavy atom. The zero-order valence-corrected chi connectivity index (χ0v) is 16.5. The molecule has 2 aromatic rings. The van der Waals surface area contributed by atoms with Gasteiger partial charge in [0.1, 0.15) is 5.75 Å². The first-order chi connectivity index (χ1) is 14.0. The van der Waals surface area contributed by atoms with Crippen LogP contribution in [-0.2, 0) is 14.3 Å². The van der Waals surface area contributed by atoms with Gasteiger partial charge in [0.2, 0.25) is 0 Å². The average molecular weight is 395 g/mol. The largest absolute Gasteiger partial charge is 0.482 e.